The quantitative estimate of drug-likeness (QED) is 0.515. The number of rotatable bonds is 10. The topological polar surface area (TPSA) is 54.0 Å². The van der Waals surface area contributed by atoms with E-state index in [1.165, 1.54) is 32.1 Å². The molecule has 0 bridgehead atoms. The number of hydrogen-bond acceptors (Lipinski definition) is 5. The highest BCUT2D eigenvalue weighted by Crippen LogP contribution is 2.43. The number of carbonyl (C=O) groups excluding carboxylic acids is 1. The van der Waals surface area contributed by atoms with E-state index in [0.29, 0.717) is 19.2 Å². The summed E-state index contributed by atoms with van der Waals surface area (Å²) in [7, 11) is 1.68. The number of benzene rings is 2. The van der Waals surface area contributed by atoms with Gasteiger partial charge in [0.1, 0.15) is 11.5 Å². The molecule has 6 nitrogen and oxygen atoms in total. The zero-order chi connectivity index (χ0) is 25.4. The summed E-state index contributed by atoms with van der Waals surface area (Å²) < 4.78 is 11.9. The number of piperazine rings is 1. The monoisotopic (exact) mass is 493 g/mol. The highest BCUT2D eigenvalue weighted by Gasteiger charge is 2.50. The van der Waals surface area contributed by atoms with Crippen molar-refractivity contribution in [2.45, 2.75) is 64.0 Å². The lowest BCUT2D eigenvalue weighted by Gasteiger charge is -2.49. The number of nitrogens with one attached hydrogen (secondary N) is 1. The first-order chi connectivity index (χ1) is 17.6. The van der Waals surface area contributed by atoms with Gasteiger partial charge in [0.15, 0.2) is 5.54 Å². The second kappa shape index (κ2) is 12.6. The lowest BCUT2D eigenvalue weighted by molar-refractivity contribution is -0.133. The summed E-state index contributed by atoms with van der Waals surface area (Å²) in [4.78, 5) is 19.3. The van der Waals surface area contributed by atoms with Crippen molar-refractivity contribution in [3.8, 4) is 11.5 Å². The van der Waals surface area contributed by atoms with E-state index in [2.05, 4.69) is 28.1 Å². The Balaban J connectivity index is 1.79. The number of nitrogens with zero attached hydrogens (tertiary/aromatic N) is 2. The molecule has 2 fully saturated rings. The molecule has 36 heavy (non-hydrogen) atoms. The van der Waals surface area contributed by atoms with Gasteiger partial charge in [-0.15, -0.1) is 0 Å². The van der Waals surface area contributed by atoms with Gasteiger partial charge < -0.3 is 14.8 Å². The second-order valence-electron chi connectivity index (χ2n) is 9.96. The van der Waals surface area contributed by atoms with Crippen LogP contribution < -0.4 is 14.8 Å². The molecule has 2 aliphatic rings. The summed E-state index contributed by atoms with van der Waals surface area (Å²) in [6.07, 6.45) is 7.55. The van der Waals surface area contributed by atoms with Crippen LogP contribution in [0.15, 0.2) is 48.5 Å². The zero-order valence-corrected chi connectivity index (χ0v) is 22.3. The largest absolute Gasteiger partial charge is 0.496 e. The molecular formula is C30H43N3O3. The van der Waals surface area contributed by atoms with Gasteiger partial charge in [-0.2, -0.15) is 0 Å². The zero-order valence-electron chi connectivity index (χ0n) is 22.3. The maximum Gasteiger partial charge on any atom is 0.249 e. The van der Waals surface area contributed by atoms with Crippen molar-refractivity contribution in [2.24, 2.45) is 0 Å². The summed E-state index contributed by atoms with van der Waals surface area (Å²) >= 11 is 0. The van der Waals surface area contributed by atoms with Crippen LogP contribution in [0.2, 0.25) is 0 Å². The van der Waals surface area contributed by atoms with Gasteiger partial charge in [-0.25, -0.2) is 0 Å². The van der Waals surface area contributed by atoms with E-state index < -0.39 is 5.54 Å². The Bertz CT molecular complexity index is 983. The molecule has 2 aromatic carbocycles. The van der Waals surface area contributed by atoms with Crippen LogP contribution in [0.25, 0.3) is 0 Å². The number of para-hydroxylation sites is 1. The molecule has 1 unspecified atom stereocenters. The van der Waals surface area contributed by atoms with Gasteiger partial charge in [0.2, 0.25) is 5.91 Å². The molecule has 1 aliphatic heterocycles. The minimum absolute atomic E-state index is 0.0201. The molecule has 0 radical (unpaired) electrons. The fourth-order valence-electron chi connectivity index (χ4n) is 6.04. The molecular weight excluding hydrogens is 450 g/mol. The van der Waals surface area contributed by atoms with Gasteiger partial charge in [-0.1, -0.05) is 56.5 Å². The van der Waals surface area contributed by atoms with E-state index >= 15 is 0 Å². The van der Waals surface area contributed by atoms with Crippen LogP contribution in [-0.2, 0) is 10.3 Å². The molecule has 1 aliphatic carbocycles. The Morgan fingerprint density at radius 3 is 2.44 bits per heavy atom. The van der Waals surface area contributed by atoms with Crippen LogP contribution >= 0.6 is 0 Å². The standard InChI is InChI=1S/C30H43N3O3/c1-4-22-36-26-15-11-12-24(23-26)30(29(34)31-5-2,27-16-9-10-17-28(27)35-3)33-20-18-32(19-21-33)25-13-7-6-8-14-25/h9-12,15-17,23,25H,4-8,13-14,18-22H2,1-3H3,(H,31,34). The normalized spacial score (nSPS) is 19.4. The van der Waals surface area contributed by atoms with Crippen molar-refractivity contribution in [3.05, 3.63) is 59.7 Å². The van der Waals surface area contributed by atoms with Gasteiger partial charge >= 0.3 is 0 Å². The first-order valence-corrected chi connectivity index (χ1v) is 13.8. The summed E-state index contributed by atoms with van der Waals surface area (Å²) in [5, 5.41) is 3.18. The van der Waals surface area contributed by atoms with E-state index in [4.69, 9.17) is 9.47 Å². The molecule has 196 valence electrons. The number of methoxy groups -OCH3 is 1. The fraction of sp³-hybridized carbons (Fsp3) is 0.567. The van der Waals surface area contributed by atoms with Crippen LogP contribution in [0.1, 0.15) is 63.5 Å². The van der Waals surface area contributed by atoms with Crippen molar-refractivity contribution in [1.82, 2.24) is 15.1 Å². The average Bonchev–Trinajstić information content (AvgIpc) is 2.94. The van der Waals surface area contributed by atoms with Crippen LogP contribution in [0.5, 0.6) is 11.5 Å². The summed E-state index contributed by atoms with van der Waals surface area (Å²) in [5.74, 6) is 1.49. The first kappa shape index (κ1) is 26.5. The molecule has 1 N–H and O–H groups in total. The van der Waals surface area contributed by atoms with Crippen molar-refractivity contribution in [1.29, 1.82) is 0 Å². The van der Waals surface area contributed by atoms with E-state index in [1.807, 2.05) is 49.4 Å². The SMILES string of the molecule is CCCOc1cccc(C(C(=O)NCC)(c2ccccc2OC)N2CCN(C3CCCCC3)CC2)c1. The number of carbonyl (C=O) groups is 1. The summed E-state index contributed by atoms with van der Waals surface area (Å²) in [6, 6.07) is 16.7. The number of ether oxygens (including phenoxy) is 2. The molecule has 0 aromatic heterocycles. The van der Waals surface area contributed by atoms with Crippen LogP contribution in [-0.4, -0.2) is 68.2 Å². The third kappa shape index (κ3) is 5.40. The van der Waals surface area contributed by atoms with Gasteiger partial charge in [-0.3, -0.25) is 14.6 Å². The lowest BCUT2D eigenvalue weighted by Crippen LogP contribution is -2.63. The molecule has 1 amide bonds. The van der Waals surface area contributed by atoms with Crippen LogP contribution in [0.3, 0.4) is 0 Å². The van der Waals surface area contributed by atoms with Crippen molar-refractivity contribution in [2.75, 3.05) is 46.4 Å². The number of hydrogen-bond donors (Lipinski definition) is 1. The van der Waals surface area contributed by atoms with E-state index in [-0.39, 0.29) is 5.91 Å². The fourth-order valence-corrected chi connectivity index (χ4v) is 6.04. The maximum atomic E-state index is 14.3. The third-order valence-electron chi connectivity index (χ3n) is 7.77. The maximum absolute atomic E-state index is 14.3. The Morgan fingerprint density at radius 2 is 1.75 bits per heavy atom. The molecule has 0 spiro atoms. The second-order valence-corrected chi connectivity index (χ2v) is 9.96. The van der Waals surface area contributed by atoms with E-state index in [0.717, 1.165) is 55.2 Å². The van der Waals surface area contributed by atoms with Gasteiger partial charge in [0.25, 0.3) is 0 Å². The Kier molecular flexibility index (Phi) is 9.27. The van der Waals surface area contributed by atoms with E-state index in [9.17, 15) is 4.79 Å². The van der Waals surface area contributed by atoms with Gasteiger partial charge in [0.05, 0.1) is 13.7 Å². The van der Waals surface area contributed by atoms with Gasteiger partial charge in [0, 0.05) is 44.3 Å². The van der Waals surface area contributed by atoms with Crippen LogP contribution in [0, 0.1) is 0 Å². The van der Waals surface area contributed by atoms with Crippen LogP contribution in [0.4, 0.5) is 0 Å². The van der Waals surface area contributed by atoms with Gasteiger partial charge in [-0.05, 0) is 49.9 Å². The molecule has 1 saturated carbocycles. The van der Waals surface area contributed by atoms with Crippen molar-refractivity contribution in [3.63, 3.8) is 0 Å². The lowest BCUT2D eigenvalue weighted by atomic mass is 9.78. The summed E-state index contributed by atoms with van der Waals surface area (Å²) in [5.41, 5.74) is 0.766. The van der Waals surface area contributed by atoms with E-state index in [1.54, 1.807) is 7.11 Å². The molecule has 1 saturated heterocycles. The predicted molar refractivity (Wildman–Crippen MR) is 145 cm³/mol. The highest BCUT2D eigenvalue weighted by atomic mass is 16.5. The van der Waals surface area contributed by atoms with Crippen molar-refractivity contribution >= 4 is 5.91 Å². The smallest absolute Gasteiger partial charge is 0.249 e. The predicted octanol–water partition coefficient (Wildman–Crippen LogP) is 4.81. The Labute approximate surface area is 217 Å². The van der Waals surface area contributed by atoms with Crippen molar-refractivity contribution < 1.29 is 14.3 Å². The third-order valence-corrected chi connectivity index (χ3v) is 7.77. The molecule has 4 rings (SSSR count). The highest BCUT2D eigenvalue weighted by molar-refractivity contribution is 5.92. The molecule has 1 heterocycles. The Hall–Kier alpha value is -2.57. The minimum atomic E-state index is -1.02. The molecule has 2 aromatic rings. The number of likely N-dealkylation sites (N-methyl/N-ethyl adjacent to an activating group) is 1. The number of amides is 1. The summed E-state index contributed by atoms with van der Waals surface area (Å²) in [6.45, 7) is 8.84. The Morgan fingerprint density at radius 1 is 1.00 bits per heavy atom. The molecule has 1 atom stereocenters. The minimum Gasteiger partial charge on any atom is -0.496 e. The average molecular weight is 494 g/mol. The first-order valence-electron chi connectivity index (χ1n) is 13.8. The molecule has 6 heteroatoms.